The SMILES string of the molecule is CC.CC.c1ccc(-n2c3cnccc3c3c2ncc2c4ncccc4n(-c4ccc5ccccn45)c23)cc1. The molecule has 0 radical (unpaired) electrons. The third-order valence-corrected chi connectivity index (χ3v) is 6.84. The number of rotatable bonds is 2. The zero-order chi connectivity index (χ0) is 26.9. The largest absolute Gasteiger partial charge is 0.303 e. The zero-order valence-electron chi connectivity index (χ0n) is 22.6. The van der Waals surface area contributed by atoms with Gasteiger partial charge in [0.05, 0.1) is 33.6 Å². The molecule has 0 fully saturated rings. The first kappa shape index (κ1) is 24.4. The molecule has 0 N–H and O–H groups in total. The summed E-state index contributed by atoms with van der Waals surface area (Å²) in [6, 6.07) is 27.1. The Bertz CT molecular complexity index is 2060. The van der Waals surface area contributed by atoms with Gasteiger partial charge in [0.25, 0.3) is 0 Å². The maximum Gasteiger partial charge on any atom is 0.147 e. The molecule has 0 amide bonds. The molecule has 7 heterocycles. The van der Waals surface area contributed by atoms with E-state index in [0.29, 0.717) is 0 Å². The Balaban J connectivity index is 0.000000663. The minimum Gasteiger partial charge on any atom is -0.303 e. The molecule has 6 nitrogen and oxygen atoms in total. The molecule has 8 rings (SSSR count). The van der Waals surface area contributed by atoms with E-state index >= 15 is 0 Å². The van der Waals surface area contributed by atoms with E-state index in [9.17, 15) is 0 Å². The van der Waals surface area contributed by atoms with Crippen LogP contribution < -0.4 is 0 Å². The van der Waals surface area contributed by atoms with E-state index in [-0.39, 0.29) is 0 Å². The average molecular weight is 511 g/mol. The molecule has 0 bridgehead atoms. The first-order valence-corrected chi connectivity index (χ1v) is 13.5. The molecule has 6 heteroatoms. The van der Waals surface area contributed by atoms with E-state index in [0.717, 1.165) is 60.9 Å². The molecule has 0 saturated carbocycles. The maximum atomic E-state index is 5.01. The highest BCUT2D eigenvalue weighted by molar-refractivity contribution is 6.24. The summed E-state index contributed by atoms with van der Waals surface area (Å²) in [5.41, 5.74) is 7.21. The monoisotopic (exact) mass is 510 g/mol. The fourth-order valence-corrected chi connectivity index (χ4v) is 5.41. The second-order valence-electron chi connectivity index (χ2n) is 8.68. The Morgan fingerprint density at radius 3 is 2.28 bits per heavy atom. The van der Waals surface area contributed by atoms with Crippen LogP contribution in [-0.4, -0.2) is 28.5 Å². The van der Waals surface area contributed by atoms with E-state index in [4.69, 9.17) is 9.97 Å². The molecule has 0 spiro atoms. The van der Waals surface area contributed by atoms with Crippen molar-refractivity contribution in [2.24, 2.45) is 0 Å². The molecule has 192 valence electrons. The summed E-state index contributed by atoms with van der Waals surface area (Å²) < 4.78 is 6.74. The Morgan fingerprint density at radius 2 is 1.44 bits per heavy atom. The van der Waals surface area contributed by atoms with Gasteiger partial charge in [-0.3, -0.25) is 19.1 Å². The summed E-state index contributed by atoms with van der Waals surface area (Å²) >= 11 is 0. The van der Waals surface area contributed by atoms with Crippen molar-refractivity contribution in [1.29, 1.82) is 0 Å². The normalized spacial score (nSPS) is 11.1. The van der Waals surface area contributed by atoms with Crippen molar-refractivity contribution in [2.75, 3.05) is 0 Å². The molecule has 1 aromatic carbocycles. The minimum atomic E-state index is 0.900. The number of fused-ring (bicyclic) bond motifs is 8. The Kier molecular flexibility index (Phi) is 6.29. The first-order chi connectivity index (χ1) is 19.4. The Morgan fingerprint density at radius 1 is 0.615 bits per heavy atom. The van der Waals surface area contributed by atoms with Crippen LogP contribution in [0.5, 0.6) is 0 Å². The Hall–Kier alpha value is -4.97. The van der Waals surface area contributed by atoms with Gasteiger partial charge in [-0.05, 0) is 54.6 Å². The van der Waals surface area contributed by atoms with Crippen LogP contribution in [0.25, 0.3) is 60.9 Å². The Labute approximate surface area is 226 Å². The summed E-state index contributed by atoms with van der Waals surface area (Å²) in [5.74, 6) is 1.07. The van der Waals surface area contributed by atoms with Gasteiger partial charge < -0.3 is 4.40 Å². The highest BCUT2D eigenvalue weighted by Crippen LogP contribution is 2.40. The highest BCUT2D eigenvalue weighted by Gasteiger charge is 2.23. The average Bonchev–Trinajstić information content (AvgIpc) is 3.69. The van der Waals surface area contributed by atoms with Gasteiger partial charge in [-0.1, -0.05) is 52.0 Å². The molecule has 0 aliphatic heterocycles. The van der Waals surface area contributed by atoms with E-state index in [2.05, 4.69) is 91.4 Å². The van der Waals surface area contributed by atoms with Gasteiger partial charge in [-0.2, -0.15) is 0 Å². The third-order valence-electron chi connectivity index (χ3n) is 6.84. The molecular weight excluding hydrogens is 480 g/mol. The van der Waals surface area contributed by atoms with Gasteiger partial charge in [0, 0.05) is 46.8 Å². The van der Waals surface area contributed by atoms with Crippen LogP contribution in [0, 0.1) is 0 Å². The van der Waals surface area contributed by atoms with Crippen molar-refractivity contribution in [3.05, 3.63) is 110 Å². The topological polar surface area (TPSA) is 52.9 Å². The van der Waals surface area contributed by atoms with Crippen molar-refractivity contribution in [3.63, 3.8) is 0 Å². The molecule has 0 aliphatic carbocycles. The zero-order valence-corrected chi connectivity index (χ0v) is 22.6. The van der Waals surface area contributed by atoms with Gasteiger partial charge in [-0.15, -0.1) is 0 Å². The van der Waals surface area contributed by atoms with Gasteiger partial charge >= 0.3 is 0 Å². The van der Waals surface area contributed by atoms with Crippen LogP contribution in [0.2, 0.25) is 0 Å². The maximum absolute atomic E-state index is 5.01. The standard InChI is InChI=1S/C29H18N6.2C2H6/c1-2-8-20(9-3-1)34-24-18-30-15-13-21(24)26-28-22(17-32-29(26)34)27-23(10-6-14-31-27)35(28)25-12-11-19-7-4-5-16-33(19)25;2*1-2/h1-18H;2*1-2H3. The van der Waals surface area contributed by atoms with E-state index in [1.165, 1.54) is 0 Å². The fourth-order valence-electron chi connectivity index (χ4n) is 5.41. The third kappa shape index (κ3) is 3.60. The summed E-state index contributed by atoms with van der Waals surface area (Å²) in [6.07, 6.45) is 9.70. The molecule has 7 aromatic heterocycles. The quantitative estimate of drug-likeness (QED) is 0.235. The molecule has 0 saturated heterocycles. The summed E-state index contributed by atoms with van der Waals surface area (Å²) in [4.78, 5) is 14.2. The van der Waals surface area contributed by atoms with Gasteiger partial charge in [0.15, 0.2) is 0 Å². The predicted octanol–water partition coefficient (Wildman–Crippen LogP) is 8.37. The van der Waals surface area contributed by atoms with Crippen molar-refractivity contribution in [2.45, 2.75) is 27.7 Å². The van der Waals surface area contributed by atoms with Gasteiger partial charge in [0.2, 0.25) is 0 Å². The van der Waals surface area contributed by atoms with Crippen molar-refractivity contribution >= 4 is 49.4 Å². The van der Waals surface area contributed by atoms with Crippen LogP contribution in [0.3, 0.4) is 0 Å². The van der Waals surface area contributed by atoms with E-state index in [1.807, 2.05) is 64.6 Å². The van der Waals surface area contributed by atoms with Crippen LogP contribution in [0.1, 0.15) is 27.7 Å². The number of pyridine rings is 4. The van der Waals surface area contributed by atoms with Gasteiger partial charge in [0.1, 0.15) is 11.5 Å². The summed E-state index contributed by atoms with van der Waals surface area (Å²) in [6.45, 7) is 8.00. The van der Waals surface area contributed by atoms with Crippen molar-refractivity contribution < 1.29 is 0 Å². The predicted molar refractivity (Wildman–Crippen MR) is 162 cm³/mol. The lowest BCUT2D eigenvalue weighted by atomic mass is 10.2. The number of hydrogen-bond acceptors (Lipinski definition) is 3. The smallest absolute Gasteiger partial charge is 0.147 e. The number of para-hydroxylation sites is 1. The fraction of sp³-hybridized carbons (Fsp3) is 0.121. The number of aromatic nitrogens is 6. The molecule has 0 aliphatic rings. The minimum absolute atomic E-state index is 0.900. The molecule has 8 aromatic rings. The second-order valence-corrected chi connectivity index (χ2v) is 8.68. The molecular formula is C33H30N6. The summed E-state index contributed by atoms with van der Waals surface area (Å²) in [5, 5.41) is 3.23. The molecule has 0 unspecified atom stereocenters. The lowest BCUT2D eigenvalue weighted by Crippen LogP contribution is -1.99. The van der Waals surface area contributed by atoms with Crippen molar-refractivity contribution in [3.8, 4) is 11.5 Å². The van der Waals surface area contributed by atoms with Crippen LogP contribution >= 0.6 is 0 Å². The molecule has 39 heavy (non-hydrogen) atoms. The van der Waals surface area contributed by atoms with Crippen LogP contribution in [0.4, 0.5) is 0 Å². The van der Waals surface area contributed by atoms with Crippen molar-refractivity contribution in [1.82, 2.24) is 28.5 Å². The van der Waals surface area contributed by atoms with Crippen LogP contribution in [0.15, 0.2) is 110 Å². The van der Waals surface area contributed by atoms with Crippen LogP contribution in [-0.2, 0) is 0 Å². The second kappa shape index (κ2) is 10.1. The number of hydrogen-bond donors (Lipinski definition) is 0. The lowest BCUT2D eigenvalue weighted by Gasteiger charge is -2.09. The number of nitrogens with zero attached hydrogens (tertiary/aromatic N) is 6. The highest BCUT2D eigenvalue weighted by atomic mass is 15.1. The van der Waals surface area contributed by atoms with Gasteiger partial charge in [-0.25, -0.2) is 4.98 Å². The summed E-state index contributed by atoms with van der Waals surface area (Å²) in [7, 11) is 0. The first-order valence-electron chi connectivity index (χ1n) is 13.5. The lowest BCUT2D eigenvalue weighted by molar-refractivity contribution is 1.04. The van der Waals surface area contributed by atoms with E-state index in [1.54, 1.807) is 0 Å². The number of benzene rings is 1. The molecule has 0 atom stereocenters. The van der Waals surface area contributed by atoms with E-state index < -0.39 is 0 Å².